The highest BCUT2D eigenvalue weighted by atomic mass is 35.5. The number of benzene rings is 1. The van der Waals surface area contributed by atoms with Crippen LogP contribution in [0.4, 0.5) is 0 Å². The molecule has 0 saturated carbocycles. The average Bonchev–Trinajstić information content (AvgIpc) is 2.52. The SMILES string of the molecule is Cl.Cl.NC(CCCCB(O)O)(CC1CN(Cc2ccc(Cl)c(Cl)c2)C1)C(=O)O. The molecule has 1 heterocycles. The molecule has 1 aliphatic rings. The van der Waals surface area contributed by atoms with Crippen LogP contribution in [0.1, 0.15) is 31.2 Å². The molecule has 1 unspecified atom stereocenters. The van der Waals surface area contributed by atoms with Crippen molar-refractivity contribution in [3.63, 3.8) is 0 Å². The first kappa shape index (κ1) is 27.8. The van der Waals surface area contributed by atoms with Gasteiger partial charge in [0.25, 0.3) is 0 Å². The van der Waals surface area contributed by atoms with E-state index in [1.54, 1.807) is 6.07 Å². The average molecular weight is 476 g/mol. The summed E-state index contributed by atoms with van der Waals surface area (Å²) in [7, 11) is -1.35. The van der Waals surface area contributed by atoms with Crippen molar-refractivity contribution in [1.82, 2.24) is 4.90 Å². The van der Waals surface area contributed by atoms with Crippen LogP contribution in [-0.2, 0) is 11.3 Å². The van der Waals surface area contributed by atoms with E-state index in [1.807, 2.05) is 12.1 Å². The van der Waals surface area contributed by atoms with Crippen molar-refractivity contribution in [2.45, 2.75) is 44.1 Å². The van der Waals surface area contributed by atoms with Gasteiger partial charge in [0.1, 0.15) is 5.54 Å². The third-order valence-corrected chi connectivity index (χ3v) is 5.58. The van der Waals surface area contributed by atoms with Crippen molar-refractivity contribution in [3.8, 4) is 0 Å². The molecule has 1 aromatic rings. The molecule has 2 rings (SSSR count). The van der Waals surface area contributed by atoms with Crippen molar-refractivity contribution in [1.29, 1.82) is 0 Å². The fourth-order valence-corrected chi connectivity index (χ4v) is 3.73. The largest absolute Gasteiger partial charge is 0.480 e. The number of hydrogen-bond acceptors (Lipinski definition) is 5. The van der Waals surface area contributed by atoms with E-state index in [9.17, 15) is 9.90 Å². The molecule has 1 aromatic carbocycles. The number of halogens is 4. The van der Waals surface area contributed by atoms with Gasteiger partial charge < -0.3 is 20.9 Å². The third kappa shape index (κ3) is 8.24. The van der Waals surface area contributed by atoms with Crippen LogP contribution < -0.4 is 5.73 Å². The van der Waals surface area contributed by atoms with Crippen molar-refractivity contribution >= 4 is 61.1 Å². The minimum Gasteiger partial charge on any atom is -0.480 e. The predicted molar refractivity (Wildman–Crippen MR) is 118 cm³/mol. The van der Waals surface area contributed by atoms with Crippen molar-refractivity contribution in [3.05, 3.63) is 33.8 Å². The third-order valence-electron chi connectivity index (χ3n) is 4.84. The van der Waals surface area contributed by atoms with Crippen LogP contribution >= 0.6 is 48.0 Å². The van der Waals surface area contributed by atoms with Crippen LogP contribution in [-0.4, -0.2) is 51.8 Å². The van der Waals surface area contributed by atoms with Crippen LogP contribution in [0.3, 0.4) is 0 Å². The van der Waals surface area contributed by atoms with Gasteiger partial charge >= 0.3 is 13.1 Å². The van der Waals surface area contributed by atoms with Gasteiger partial charge in [-0.05, 0) is 42.8 Å². The Balaban J connectivity index is 0.00000364. The molecule has 0 bridgehead atoms. The number of nitrogens with zero attached hydrogens (tertiary/aromatic N) is 1. The highest BCUT2D eigenvalue weighted by molar-refractivity contribution is 6.42. The number of aliphatic carboxylic acids is 1. The lowest BCUT2D eigenvalue weighted by Gasteiger charge is -2.42. The molecule has 1 aliphatic heterocycles. The molecule has 6 nitrogen and oxygen atoms in total. The maximum absolute atomic E-state index is 11.6. The molecule has 28 heavy (non-hydrogen) atoms. The highest BCUT2D eigenvalue weighted by Gasteiger charge is 2.39. The lowest BCUT2D eigenvalue weighted by Crippen LogP contribution is -2.55. The molecule has 1 saturated heterocycles. The van der Waals surface area contributed by atoms with E-state index < -0.39 is 18.6 Å². The molecular formula is C17H27BCl4N2O4. The molecule has 0 aromatic heterocycles. The Morgan fingerprint density at radius 2 is 1.86 bits per heavy atom. The summed E-state index contributed by atoms with van der Waals surface area (Å²) in [6, 6.07) is 5.55. The second-order valence-corrected chi connectivity index (χ2v) is 8.01. The second kappa shape index (κ2) is 12.5. The van der Waals surface area contributed by atoms with Gasteiger partial charge in [0.15, 0.2) is 0 Å². The van der Waals surface area contributed by atoms with E-state index in [1.165, 1.54) is 0 Å². The van der Waals surface area contributed by atoms with Crippen LogP contribution in [0.5, 0.6) is 0 Å². The van der Waals surface area contributed by atoms with E-state index in [0.717, 1.165) is 25.2 Å². The van der Waals surface area contributed by atoms with Gasteiger partial charge in [-0.25, -0.2) is 0 Å². The Bertz CT molecular complexity index is 635. The van der Waals surface area contributed by atoms with E-state index in [0.29, 0.717) is 35.7 Å². The smallest absolute Gasteiger partial charge is 0.451 e. The zero-order chi connectivity index (χ0) is 19.3. The zero-order valence-electron chi connectivity index (χ0n) is 15.4. The normalized spacial score (nSPS) is 16.3. The maximum Gasteiger partial charge on any atom is 0.451 e. The lowest BCUT2D eigenvalue weighted by molar-refractivity contribution is -0.145. The Hall–Kier alpha value is -0.245. The Labute approximate surface area is 188 Å². The number of carbonyl (C=O) groups is 1. The quantitative estimate of drug-likeness (QED) is 0.306. The minimum atomic E-state index is -1.35. The fourth-order valence-electron chi connectivity index (χ4n) is 3.41. The van der Waals surface area contributed by atoms with E-state index in [4.69, 9.17) is 39.0 Å². The molecule has 0 spiro atoms. The van der Waals surface area contributed by atoms with Gasteiger partial charge in [-0.3, -0.25) is 9.69 Å². The number of hydrogen-bond donors (Lipinski definition) is 4. The summed E-state index contributed by atoms with van der Waals surface area (Å²) in [5, 5.41) is 28.3. The Kier molecular flexibility index (Phi) is 12.3. The number of carboxylic acid groups (broad SMARTS) is 1. The molecule has 160 valence electrons. The molecule has 1 atom stereocenters. The van der Waals surface area contributed by atoms with E-state index >= 15 is 0 Å². The summed E-state index contributed by atoms with van der Waals surface area (Å²) in [6.07, 6.45) is 2.08. The lowest BCUT2D eigenvalue weighted by atomic mass is 9.78. The molecular weight excluding hydrogens is 449 g/mol. The topological polar surface area (TPSA) is 107 Å². The molecule has 5 N–H and O–H groups in total. The number of likely N-dealkylation sites (tertiary alicyclic amines) is 1. The maximum atomic E-state index is 11.6. The number of rotatable bonds is 10. The minimum absolute atomic E-state index is 0. The van der Waals surface area contributed by atoms with Gasteiger partial charge in [0, 0.05) is 19.6 Å². The van der Waals surface area contributed by atoms with Crippen LogP contribution in [0.25, 0.3) is 0 Å². The summed E-state index contributed by atoms with van der Waals surface area (Å²) in [6.45, 7) is 2.33. The molecule has 0 amide bonds. The summed E-state index contributed by atoms with van der Waals surface area (Å²) >= 11 is 11.9. The number of unbranched alkanes of at least 4 members (excludes halogenated alkanes) is 1. The van der Waals surface area contributed by atoms with Crippen LogP contribution in [0.2, 0.25) is 16.4 Å². The van der Waals surface area contributed by atoms with Crippen molar-refractivity contribution in [2.24, 2.45) is 11.7 Å². The van der Waals surface area contributed by atoms with E-state index in [2.05, 4.69) is 4.90 Å². The molecule has 0 radical (unpaired) electrons. The number of carboxylic acids is 1. The van der Waals surface area contributed by atoms with E-state index in [-0.39, 0.29) is 37.1 Å². The molecule has 0 aliphatic carbocycles. The first-order valence-electron chi connectivity index (χ1n) is 8.74. The predicted octanol–water partition coefficient (Wildman–Crippen LogP) is 3.08. The standard InChI is InChI=1S/C17H25BCl2N2O4.2ClH/c19-14-4-3-12(7-15(14)20)9-22-10-13(11-22)8-17(21,16(23)24)5-1-2-6-18(25)26;;/h3-4,7,13,25-26H,1-2,5-6,8-11,21H2,(H,23,24);2*1H. The first-order valence-corrected chi connectivity index (χ1v) is 9.50. The summed E-state index contributed by atoms with van der Waals surface area (Å²) < 4.78 is 0. The van der Waals surface area contributed by atoms with Crippen LogP contribution in [0.15, 0.2) is 18.2 Å². The summed E-state index contributed by atoms with van der Waals surface area (Å²) in [5.41, 5.74) is 5.93. The summed E-state index contributed by atoms with van der Waals surface area (Å²) in [5.74, 6) is -0.757. The molecule has 11 heteroatoms. The van der Waals surface area contributed by atoms with Crippen LogP contribution in [0, 0.1) is 5.92 Å². The Morgan fingerprint density at radius 1 is 1.21 bits per heavy atom. The fraction of sp³-hybridized carbons (Fsp3) is 0.588. The first-order chi connectivity index (χ1) is 12.2. The Morgan fingerprint density at radius 3 is 2.39 bits per heavy atom. The molecule has 1 fully saturated rings. The van der Waals surface area contributed by atoms with Gasteiger partial charge in [0.05, 0.1) is 10.0 Å². The number of nitrogens with two attached hydrogens (primary N) is 1. The highest BCUT2D eigenvalue weighted by Crippen LogP contribution is 2.30. The van der Waals surface area contributed by atoms with Gasteiger partial charge in [0.2, 0.25) is 0 Å². The van der Waals surface area contributed by atoms with Gasteiger partial charge in [-0.2, -0.15) is 0 Å². The van der Waals surface area contributed by atoms with Gasteiger partial charge in [-0.15, -0.1) is 24.8 Å². The van der Waals surface area contributed by atoms with Crippen molar-refractivity contribution < 1.29 is 19.9 Å². The zero-order valence-corrected chi connectivity index (χ0v) is 18.5. The summed E-state index contributed by atoms with van der Waals surface area (Å²) in [4.78, 5) is 13.8. The second-order valence-electron chi connectivity index (χ2n) is 7.20. The van der Waals surface area contributed by atoms with Gasteiger partial charge in [-0.1, -0.05) is 42.1 Å². The monoisotopic (exact) mass is 474 g/mol. The van der Waals surface area contributed by atoms with Crippen molar-refractivity contribution in [2.75, 3.05) is 13.1 Å².